The van der Waals surface area contributed by atoms with Gasteiger partial charge in [0.2, 0.25) is 5.91 Å². The number of hydrogen-bond acceptors (Lipinski definition) is 4. The lowest BCUT2D eigenvalue weighted by Crippen LogP contribution is -2.36. The molecule has 130 valence electrons. The van der Waals surface area contributed by atoms with E-state index in [1.54, 1.807) is 12.1 Å². The first-order valence-corrected chi connectivity index (χ1v) is 9.76. The van der Waals surface area contributed by atoms with E-state index in [4.69, 9.17) is 0 Å². The van der Waals surface area contributed by atoms with Crippen LogP contribution < -0.4 is 0 Å². The molecule has 1 aliphatic rings. The number of nitrogens with zero attached hydrogens (tertiary/aromatic N) is 1. The summed E-state index contributed by atoms with van der Waals surface area (Å²) in [5.74, 6) is -1.37. The number of benzene rings is 1. The first kappa shape index (κ1) is 18.4. The second-order valence-electron chi connectivity index (χ2n) is 5.91. The Morgan fingerprint density at radius 2 is 1.67 bits per heavy atom. The number of carbonyl (C=O) groups excluding carboxylic acids is 2. The average molecular weight is 349 g/mol. The van der Waals surface area contributed by atoms with Crippen molar-refractivity contribution in [3.63, 3.8) is 0 Å². The first-order chi connectivity index (χ1) is 11.5. The van der Waals surface area contributed by atoms with Crippen LogP contribution in [0.4, 0.5) is 0 Å². The molecule has 0 N–H and O–H groups in total. The van der Waals surface area contributed by atoms with Gasteiger partial charge in [0.05, 0.1) is 5.56 Å². The standard InChI is InChI=1S/C18H23NO4S/c1-2-3-4-5-6-7-8-9-14-17(20)19-18(21)15-12-10-11-13-16(15)24(19,22)23/h2,10-13H,1,3-9,14H2. The maximum atomic E-state index is 12.3. The zero-order valence-electron chi connectivity index (χ0n) is 13.7. The van der Waals surface area contributed by atoms with Gasteiger partial charge in [-0.25, -0.2) is 8.42 Å². The van der Waals surface area contributed by atoms with Crippen LogP contribution in [0.15, 0.2) is 41.8 Å². The molecule has 0 saturated heterocycles. The molecule has 1 heterocycles. The van der Waals surface area contributed by atoms with Gasteiger partial charge in [0, 0.05) is 6.42 Å². The van der Waals surface area contributed by atoms with Crippen molar-refractivity contribution < 1.29 is 18.0 Å². The first-order valence-electron chi connectivity index (χ1n) is 8.32. The lowest BCUT2D eigenvalue weighted by Gasteiger charge is -2.12. The van der Waals surface area contributed by atoms with Gasteiger partial charge in [0.15, 0.2) is 0 Å². The van der Waals surface area contributed by atoms with Gasteiger partial charge in [-0.2, -0.15) is 4.31 Å². The summed E-state index contributed by atoms with van der Waals surface area (Å²) in [6, 6.07) is 5.93. The minimum absolute atomic E-state index is 0.0750. The molecule has 0 unspecified atom stereocenters. The summed E-state index contributed by atoms with van der Waals surface area (Å²) >= 11 is 0. The van der Waals surface area contributed by atoms with Gasteiger partial charge in [-0.15, -0.1) is 6.58 Å². The van der Waals surface area contributed by atoms with Gasteiger partial charge in [0.1, 0.15) is 4.90 Å². The monoisotopic (exact) mass is 349 g/mol. The second-order valence-corrected chi connectivity index (χ2v) is 7.67. The van der Waals surface area contributed by atoms with Gasteiger partial charge in [-0.1, -0.05) is 43.9 Å². The fraction of sp³-hybridized carbons (Fsp3) is 0.444. The Bertz CT molecular complexity index is 724. The Morgan fingerprint density at radius 3 is 2.33 bits per heavy atom. The van der Waals surface area contributed by atoms with Crippen molar-refractivity contribution in [3.8, 4) is 0 Å². The van der Waals surface area contributed by atoms with Crippen LogP contribution >= 0.6 is 0 Å². The van der Waals surface area contributed by atoms with Crippen molar-refractivity contribution in [2.24, 2.45) is 0 Å². The summed E-state index contributed by atoms with van der Waals surface area (Å²) in [5.41, 5.74) is 0.0769. The van der Waals surface area contributed by atoms with Crippen LogP contribution in [0.5, 0.6) is 0 Å². The van der Waals surface area contributed by atoms with Gasteiger partial charge < -0.3 is 0 Å². The lowest BCUT2D eigenvalue weighted by atomic mass is 10.1. The maximum Gasteiger partial charge on any atom is 0.276 e. The number of unbranched alkanes of at least 4 members (excludes halogenated alkanes) is 6. The Morgan fingerprint density at radius 1 is 1.04 bits per heavy atom. The molecular formula is C18H23NO4S. The SMILES string of the molecule is C=CCCCCCCCCC(=O)N1C(=O)c2ccccc2S1(=O)=O. The summed E-state index contributed by atoms with van der Waals surface area (Å²) in [4.78, 5) is 24.4. The zero-order valence-corrected chi connectivity index (χ0v) is 14.6. The van der Waals surface area contributed by atoms with Crippen LogP contribution in [0, 0.1) is 0 Å². The van der Waals surface area contributed by atoms with Crippen LogP contribution in [0.3, 0.4) is 0 Å². The second kappa shape index (κ2) is 8.24. The molecule has 5 nitrogen and oxygen atoms in total. The smallest absolute Gasteiger partial charge is 0.273 e. The van der Waals surface area contributed by atoms with E-state index < -0.39 is 21.8 Å². The minimum Gasteiger partial charge on any atom is -0.273 e. The Labute approximate surface area is 143 Å². The third-order valence-corrected chi connectivity index (χ3v) is 5.86. The van der Waals surface area contributed by atoms with E-state index in [0.29, 0.717) is 10.7 Å². The molecule has 0 aromatic heterocycles. The predicted molar refractivity (Wildman–Crippen MR) is 91.9 cm³/mol. The number of amides is 2. The number of carbonyl (C=O) groups is 2. The van der Waals surface area contributed by atoms with Crippen LogP contribution in [0.25, 0.3) is 0 Å². The largest absolute Gasteiger partial charge is 0.276 e. The van der Waals surface area contributed by atoms with Crippen molar-refractivity contribution in [3.05, 3.63) is 42.5 Å². The molecule has 0 atom stereocenters. The number of sulfonamides is 1. The number of hydrogen-bond donors (Lipinski definition) is 0. The van der Waals surface area contributed by atoms with E-state index >= 15 is 0 Å². The summed E-state index contributed by atoms with van der Waals surface area (Å²) in [7, 11) is -4.03. The van der Waals surface area contributed by atoms with Crippen molar-refractivity contribution >= 4 is 21.8 Å². The summed E-state index contributed by atoms with van der Waals surface area (Å²) in [5, 5.41) is 0. The Balaban J connectivity index is 1.84. The molecule has 2 amide bonds. The fourth-order valence-corrected chi connectivity index (χ4v) is 4.36. The molecule has 1 aromatic rings. The van der Waals surface area contributed by atoms with Gasteiger partial charge in [-0.05, 0) is 31.4 Å². The molecule has 24 heavy (non-hydrogen) atoms. The van der Waals surface area contributed by atoms with E-state index in [0.717, 1.165) is 38.5 Å². The molecule has 0 radical (unpaired) electrons. The maximum absolute atomic E-state index is 12.3. The fourth-order valence-electron chi connectivity index (χ4n) is 2.81. The highest BCUT2D eigenvalue weighted by molar-refractivity contribution is 7.90. The summed E-state index contributed by atoms with van der Waals surface area (Å²) in [6.45, 7) is 3.68. The molecule has 2 rings (SSSR count). The van der Waals surface area contributed by atoms with Gasteiger partial charge in [0.25, 0.3) is 15.9 Å². The van der Waals surface area contributed by atoms with Crippen molar-refractivity contribution in [2.75, 3.05) is 0 Å². The number of fused-ring (bicyclic) bond motifs is 1. The molecule has 0 aliphatic carbocycles. The van der Waals surface area contributed by atoms with Crippen LogP contribution in [0.2, 0.25) is 0 Å². The van der Waals surface area contributed by atoms with E-state index in [1.165, 1.54) is 12.1 Å². The molecule has 0 spiro atoms. The van der Waals surface area contributed by atoms with E-state index in [9.17, 15) is 18.0 Å². The Hall–Kier alpha value is -1.95. The highest BCUT2D eigenvalue weighted by Crippen LogP contribution is 2.30. The predicted octanol–water partition coefficient (Wildman–Crippen LogP) is 3.66. The number of allylic oxidation sites excluding steroid dienone is 1. The van der Waals surface area contributed by atoms with Gasteiger partial charge >= 0.3 is 0 Å². The highest BCUT2D eigenvalue weighted by atomic mass is 32.2. The van der Waals surface area contributed by atoms with Crippen LogP contribution in [0.1, 0.15) is 61.7 Å². The van der Waals surface area contributed by atoms with Gasteiger partial charge in [-0.3, -0.25) is 9.59 Å². The number of rotatable bonds is 9. The summed E-state index contributed by atoms with van der Waals surface area (Å²) in [6.07, 6.45) is 8.81. The molecule has 0 fully saturated rings. The Kier molecular flexibility index (Phi) is 6.31. The van der Waals surface area contributed by atoms with E-state index in [1.807, 2.05) is 6.08 Å². The van der Waals surface area contributed by atoms with E-state index in [2.05, 4.69) is 6.58 Å². The molecule has 6 heteroatoms. The quantitative estimate of drug-likeness (QED) is 0.504. The molecule has 0 saturated carbocycles. The van der Waals surface area contributed by atoms with Crippen molar-refractivity contribution in [1.29, 1.82) is 0 Å². The van der Waals surface area contributed by atoms with E-state index in [-0.39, 0.29) is 16.9 Å². The average Bonchev–Trinajstić information content (AvgIpc) is 2.77. The normalized spacial score (nSPS) is 15.3. The third-order valence-electron chi connectivity index (χ3n) is 4.10. The molecule has 1 aliphatic heterocycles. The van der Waals surface area contributed by atoms with Crippen LogP contribution in [-0.4, -0.2) is 24.5 Å². The zero-order chi connectivity index (χ0) is 17.6. The van der Waals surface area contributed by atoms with Crippen LogP contribution in [-0.2, 0) is 14.8 Å². The number of imide groups is 1. The minimum atomic E-state index is -4.03. The highest BCUT2D eigenvalue weighted by Gasteiger charge is 2.44. The molecule has 0 bridgehead atoms. The van der Waals surface area contributed by atoms with Crippen molar-refractivity contribution in [1.82, 2.24) is 4.31 Å². The van der Waals surface area contributed by atoms with Crippen molar-refractivity contribution in [2.45, 2.75) is 56.3 Å². The molecular weight excluding hydrogens is 326 g/mol. The summed E-state index contributed by atoms with van der Waals surface area (Å²) < 4.78 is 25.1. The third kappa shape index (κ3) is 3.93. The lowest BCUT2D eigenvalue weighted by molar-refractivity contribution is -0.124. The molecule has 1 aromatic carbocycles. The topological polar surface area (TPSA) is 71.5 Å².